The van der Waals surface area contributed by atoms with E-state index in [2.05, 4.69) is 32.4 Å². The van der Waals surface area contributed by atoms with Crippen LogP contribution in [0.2, 0.25) is 5.28 Å². The van der Waals surface area contributed by atoms with Crippen molar-refractivity contribution in [3.63, 3.8) is 0 Å². The molecular formula is C22H23ClN6O3. The van der Waals surface area contributed by atoms with Crippen LogP contribution in [0.4, 0.5) is 5.82 Å². The van der Waals surface area contributed by atoms with Crippen LogP contribution in [0.15, 0.2) is 36.7 Å². The molecule has 2 aromatic heterocycles. The molecule has 6 rings (SSSR count). The topological polar surface area (TPSA) is 116 Å². The van der Waals surface area contributed by atoms with Crippen LogP contribution in [-0.2, 0) is 4.79 Å². The first-order chi connectivity index (χ1) is 15.5. The van der Waals surface area contributed by atoms with Gasteiger partial charge in [0, 0.05) is 24.9 Å². The minimum atomic E-state index is -1.05. The van der Waals surface area contributed by atoms with Crippen LogP contribution >= 0.6 is 11.6 Å². The van der Waals surface area contributed by atoms with Crippen LogP contribution < -0.4 is 5.32 Å². The zero-order valence-electron chi connectivity index (χ0n) is 17.3. The number of imidazole rings is 1. The van der Waals surface area contributed by atoms with E-state index in [0.717, 1.165) is 6.42 Å². The Morgan fingerprint density at radius 2 is 2.06 bits per heavy atom. The van der Waals surface area contributed by atoms with Crippen LogP contribution in [0.1, 0.15) is 30.4 Å². The van der Waals surface area contributed by atoms with Crippen molar-refractivity contribution in [2.45, 2.75) is 48.6 Å². The second kappa shape index (κ2) is 6.87. The predicted molar refractivity (Wildman–Crippen MR) is 117 cm³/mol. The Hall–Kier alpha value is -2.75. The van der Waals surface area contributed by atoms with Crippen molar-refractivity contribution in [2.24, 2.45) is 5.92 Å². The summed E-state index contributed by atoms with van der Waals surface area (Å²) in [5.41, 5.74) is 1.59. The van der Waals surface area contributed by atoms with E-state index in [1.54, 1.807) is 17.9 Å². The molecule has 0 bridgehead atoms. The van der Waals surface area contributed by atoms with E-state index in [-0.39, 0.29) is 17.2 Å². The SMILES string of the molecule is CN(C=O)[C@@]12C[C@H]1[C@@H](n1cnc3c(N[C@@H]4C[C@H]4c4ccccc4)nc(Cl)nc31)[C@H](O)[C@@H]2O. The molecule has 32 heavy (non-hydrogen) atoms. The first kappa shape index (κ1) is 19.9. The molecule has 3 saturated carbocycles. The number of hydrogen-bond acceptors (Lipinski definition) is 7. The number of amides is 1. The molecule has 2 heterocycles. The number of aliphatic hydroxyl groups is 2. The predicted octanol–water partition coefficient (Wildman–Crippen LogP) is 1.57. The van der Waals surface area contributed by atoms with Crippen molar-refractivity contribution in [3.8, 4) is 0 Å². The van der Waals surface area contributed by atoms with Crippen molar-refractivity contribution in [1.82, 2.24) is 24.4 Å². The molecule has 3 N–H and O–H groups in total. The Kier molecular flexibility index (Phi) is 4.27. The van der Waals surface area contributed by atoms with Crippen molar-refractivity contribution in [1.29, 1.82) is 0 Å². The molecule has 1 aromatic carbocycles. The molecule has 0 radical (unpaired) electrons. The van der Waals surface area contributed by atoms with Gasteiger partial charge in [0.1, 0.15) is 12.2 Å². The number of carbonyl (C=O) groups excluding carboxylic acids is 1. The molecule has 0 spiro atoms. The summed E-state index contributed by atoms with van der Waals surface area (Å²) in [6.07, 6.45) is 1.81. The van der Waals surface area contributed by atoms with E-state index in [9.17, 15) is 15.0 Å². The Morgan fingerprint density at radius 3 is 2.81 bits per heavy atom. The summed E-state index contributed by atoms with van der Waals surface area (Å²) in [6.45, 7) is 0. The molecular weight excluding hydrogens is 432 g/mol. The van der Waals surface area contributed by atoms with Crippen molar-refractivity contribution in [3.05, 3.63) is 47.5 Å². The van der Waals surface area contributed by atoms with Crippen LogP contribution in [0, 0.1) is 5.92 Å². The number of fused-ring (bicyclic) bond motifs is 2. The quantitative estimate of drug-likeness (QED) is 0.382. The summed E-state index contributed by atoms with van der Waals surface area (Å²) in [6, 6.07) is 10.1. The molecule has 0 aliphatic heterocycles. The smallest absolute Gasteiger partial charge is 0.226 e. The highest BCUT2D eigenvalue weighted by molar-refractivity contribution is 6.28. The molecule has 3 fully saturated rings. The third-order valence-corrected chi connectivity index (χ3v) is 7.67. The molecule has 3 aromatic rings. The summed E-state index contributed by atoms with van der Waals surface area (Å²) in [5.74, 6) is 0.860. The number of aromatic nitrogens is 4. The van der Waals surface area contributed by atoms with Gasteiger partial charge in [-0.05, 0) is 30.0 Å². The Labute approximate surface area is 189 Å². The van der Waals surface area contributed by atoms with Crippen LogP contribution in [0.3, 0.4) is 0 Å². The lowest BCUT2D eigenvalue weighted by atomic mass is 10.1. The van der Waals surface area contributed by atoms with E-state index in [1.807, 2.05) is 18.2 Å². The van der Waals surface area contributed by atoms with Crippen molar-refractivity contribution >= 4 is 35.0 Å². The highest BCUT2D eigenvalue weighted by Gasteiger charge is 2.73. The standard InChI is InChI=1S/C22H23ClN6O3/c1-28(10-30)22-8-13(22)16(17(31)18(22)32)29-9-24-15-19(26-21(23)27-20(15)29)25-14-7-12(14)11-5-3-2-4-6-11/h2-6,9-10,12-14,16-18,31-32H,7-8H2,1H3,(H,25,26,27)/t12-,13-,14+,16+,17-,18-,22-/m0/s1. The first-order valence-electron chi connectivity index (χ1n) is 10.7. The maximum atomic E-state index is 11.4. The molecule has 9 nitrogen and oxygen atoms in total. The number of aliphatic hydroxyl groups excluding tert-OH is 2. The molecule has 166 valence electrons. The Balaban J connectivity index is 1.32. The average Bonchev–Trinajstić information content (AvgIpc) is 3.67. The van der Waals surface area contributed by atoms with Gasteiger partial charge in [0.15, 0.2) is 17.0 Å². The number of nitrogens with one attached hydrogen (secondary N) is 1. The largest absolute Gasteiger partial charge is 0.388 e. The van der Waals surface area contributed by atoms with Gasteiger partial charge in [0.05, 0.1) is 17.9 Å². The fourth-order valence-corrected chi connectivity index (χ4v) is 5.81. The van der Waals surface area contributed by atoms with Gasteiger partial charge in [-0.25, -0.2) is 4.98 Å². The number of rotatable bonds is 6. The van der Waals surface area contributed by atoms with Gasteiger partial charge >= 0.3 is 0 Å². The third kappa shape index (κ3) is 2.71. The van der Waals surface area contributed by atoms with Gasteiger partial charge in [0.25, 0.3) is 0 Å². The molecule has 0 saturated heterocycles. The van der Waals surface area contributed by atoms with Gasteiger partial charge in [-0.3, -0.25) is 4.79 Å². The van der Waals surface area contributed by atoms with Gasteiger partial charge in [-0.2, -0.15) is 9.97 Å². The van der Waals surface area contributed by atoms with Gasteiger partial charge in [0.2, 0.25) is 11.7 Å². The van der Waals surface area contributed by atoms with E-state index >= 15 is 0 Å². The molecule has 3 aliphatic carbocycles. The zero-order chi connectivity index (χ0) is 22.2. The van der Waals surface area contributed by atoms with E-state index in [1.165, 1.54) is 10.5 Å². The summed E-state index contributed by atoms with van der Waals surface area (Å²) >= 11 is 6.26. The fraction of sp³-hybridized carbons (Fsp3) is 0.455. The second-order valence-electron chi connectivity index (χ2n) is 9.11. The van der Waals surface area contributed by atoms with Gasteiger partial charge in [-0.15, -0.1) is 0 Å². The minimum Gasteiger partial charge on any atom is -0.388 e. The minimum absolute atomic E-state index is 0.0822. The summed E-state index contributed by atoms with van der Waals surface area (Å²) in [7, 11) is 1.64. The van der Waals surface area contributed by atoms with Crippen LogP contribution in [-0.4, -0.2) is 71.9 Å². The number of halogens is 1. The normalized spacial score (nSPS) is 34.9. The number of likely N-dealkylation sites (N-methyl/N-ethyl adjacent to an activating group) is 1. The van der Waals surface area contributed by atoms with Crippen LogP contribution in [0.5, 0.6) is 0 Å². The number of nitrogens with zero attached hydrogens (tertiary/aromatic N) is 5. The first-order valence-corrected chi connectivity index (χ1v) is 11.1. The number of hydrogen-bond donors (Lipinski definition) is 3. The lowest BCUT2D eigenvalue weighted by molar-refractivity contribution is -0.123. The Morgan fingerprint density at radius 1 is 1.28 bits per heavy atom. The maximum absolute atomic E-state index is 11.4. The monoisotopic (exact) mass is 454 g/mol. The number of benzene rings is 1. The van der Waals surface area contributed by atoms with Gasteiger partial charge < -0.3 is 25.0 Å². The summed E-state index contributed by atoms with van der Waals surface area (Å²) in [5, 5.41) is 25.1. The number of carbonyl (C=O) groups is 1. The summed E-state index contributed by atoms with van der Waals surface area (Å²) in [4.78, 5) is 26.1. The van der Waals surface area contributed by atoms with Crippen molar-refractivity contribution < 1.29 is 15.0 Å². The van der Waals surface area contributed by atoms with E-state index in [0.29, 0.717) is 35.7 Å². The highest BCUT2D eigenvalue weighted by atomic mass is 35.5. The van der Waals surface area contributed by atoms with Crippen LogP contribution in [0.25, 0.3) is 11.2 Å². The van der Waals surface area contributed by atoms with E-state index in [4.69, 9.17) is 11.6 Å². The molecule has 1 amide bonds. The second-order valence-corrected chi connectivity index (χ2v) is 9.45. The van der Waals surface area contributed by atoms with E-state index < -0.39 is 23.8 Å². The Bertz CT molecular complexity index is 1210. The maximum Gasteiger partial charge on any atom is 0.226 e. The highest BCUT2D eigenvalue weighted by Crippen LogP contribution is 2.63. The lowest BCUT2D eigenvalue weighted by Crippen LogP contribution is -2.46. The molecule has 3 aliphatic rings. The molecule has 0 unspecified atom stereocenters. The number of anilines is 1. The zero-order valence-corrected chi connectivity index (χ0v) is 18.1. The lowest BCUT2D eigenvalue weighted by Gasteiger charge is -2.28. The van der Waals surface area contributed by atoms with Crippen molar-refractivity contribution in [2.75, 3.05) is 12.4 Å². The third-order valence-electron chi connectivity index (χ3n) is 7.50. The fourth-order valence-electron chi connectivity index (χ4n) is 5.65. The average molecular weight is 455 g/mol. The summed E-state index contributed by atoms with van der Waals surface area (Å²) < 4.78 is 1.77. The van der Waals surface area contributed by atoms with Gasteiger partial charge in [-0.1, -0.05) is 30.3 Å². The molecule has 7 atom stereocenters. The molecule has 10 heteroatoms.